The molecule has 1 heterocycles. The molecule has 0 saturated heterocycles. The van der Waals surface area contributed by atoms with E-state index in [1.165, 1.54) is 21.8 Å². The molecule has 0 aliphatic carbocycles. The number of thiazole rings is 1. The minimum absolute atomic E-state index is 0. The summed E-state index contributed by atoms with van der Waals surface area (Å²) in [5.74, 6) is 0. The van der Waals surface area contributed by atoms with Gasteiger partial charge in [0.25, 0.3) is 0 Å². The second kappa shape index (κ2) is 7.07. The van der Waals surface area contributed by atoms with Crippen LogP contribution in [0.15, 0.2) is 36.5 Å². The van der Waals surface area contributed by atoms with Gasteiger partial charge >= 0.3 is 0 Å². The van der Waals surface area contributed by atoms with Crippen molar-refractivity contribution in [1.29, 1.82) is 0 Å². The lowest BCUT2D eigenvalue weighted by atomic mass is 9.82. The fraction of sp³-hybridized carbons (Fsp3) is 0.400. The van der Waals surface area contributed by atoms with Crippen LogP contribution < -0.4 is 11.1 Å². The standard InChI is InChI=1S/C15H21N3S.ClH/c1-15(2,3)13(11-7-5-4-6-8-11)17-9-12-10-18-14(16)19-12;/h4-8,10,13,17H,9H2,1-3H3,(H2,16,18);1H. The summed E-state index contributed by atoms with van der Waals surface area (Å²) in [6.07, 6.45) is 1.84. The molecule has 0 bridgehead atoms. The topological polar surface area (TPSA) is 50.9 Å². The van der Waals surface area contributed by atoms with Crippen LogP contribution in [0.3, 0.4) is 0 Å². The minimum atomic E-state index is 0. The van der Waals surface area contributed by atoms with E-state index in [-0.39, 0.29) is 17.8 Å². The Morgan fingerprint density at radius 1 is 1.25 bits per heavy atom. The highest BCUT2D eigenvalue weighted by Crippen LogP contribution is 2.33. The Labute approximate surface area is 131 Å². The lowest BCUT2D eigenvalue weighted by Gasteiger charge is -2.32. The molecule has 2 rings (SSSR count). The monoisotopic (exact) mass is 311 g/mol. The van der Waals surface area contributed by atoms with Crippen molar-refractivity contribution < 1.29 is 0 Å². The lowest BCUT2D eigenvalue weighted by molar-refractivity contribution is 0.271. The van der Waals surface area contributed by atoms with E-state index in [0.717, 1.165) is 6.54 Å². The molecular formula is C15H22ClN3S. The molecule has 0 saturated carbocycles. The zero-order valence-electron chi connectivity index (χ0n) is 12.1. The molecule has 0 amide bonds. The molecule has 0 fully saturated rings. The van der Waals surface area contributed by atoms with Crippen LogP contribution in [0.25, 0.3) is 0 Å². The molecule has 3 nitrogen and oxygen atoms in total. The van der Waals surface area contributed by atoms with Crippen molar-refractivity contribution >= 4 is 28.9 Å². The Hall–Kier alpha value is -1.10. The summed E-state index contributed by atoms with van der Waals surface area (Å²) in [6, 6.07) is 10.9. The van der Waals surface area contributed by atoms with Crippen LogP contribution in [-0.2, 0) is 6.54 Å². The van der Waals surface area contributed by atoms with Crippen LogP contribution in [0.1, 0.15) is 37.3 Å². The lowest BCUT2D eigenvalue weighted by Crippen LogP contribution is -2.31. The summed E-state index contributed by atoms with van der Waals surface area (Å²) in [7, 11) is 0. The van der Waals surface area contributed by atoms with Crippen molar-refractivity contribution in [3.8, 4) is 0 Å². The molecule has 0 aliphatic heterocycles. The van der Waals surface area contributed by atoms with Gasteiger partial charge < -0.3 is 11.1 Å². The minimum Gasteiger partial charge on any atom is -0.375 e. The predicted octanol–water partition coefficient (Wildman–Crippen LogP) is 4.02. The molecule has 110 valence electrons. The zero-order valence-corrected chi connectivity index (χ0v) is 13.7. The molecular weight excluding hydrogens is 290 g/mol. The molecule has 3 N–H and O–H groups in total. The molecule has 1 aromatic carbocycles. The van der Waals surface area contributed by atoms with Gasteiger partial charge in [0.1, 0.15) is 0 Å². The molecule has 2 aromatic rings. The number of benzene rings is 1. The Bertz CT molecular complexity index is 519. The summed E-state index contributed by atoms with van der Waals surface area (Å²) in [5.41, 5.74) is 7.12. The van der Waals surface area contributed by atoms with Gasteiger partial charge in [-0.05, 0) is 11.0 Å². The van der Waals surface area contributed by atoms with E-state index in [2.05, 4.69) is 55.3 Å². The summed E-state index contributed by atoms with van der Waals surface area (Å²) in [6.45, 7) is 7.54. The summed E-state index contributed by atoms with van der Waals surface area (Å²) < 4.78 is 0. The molecule has 0 spiro atoms. The second-order valence-electron chi connectivity index (χ2n) is 5.76. The van der Waals surface area contributed by atoms with Gasteiger partial charge in [0.05, 0.1) is 0 Å². The van der Waals surface area contributed by atoms with Crippen LogP contribution in [0.5, 0.6) is 0 Å². The number of rotatable bonds is 4. The van der Waals surface area contributed by atoms with Crippen LogP contribution in [0, 0.1) is 5.41 Å². The van der Waals surface area contributed by atoms with Crippen molar-refractivity contribution in [1.82, 2.24) is 10.3 Å². The average molecular weight is 312 g/mol. The summed E-state index contributed by atoms with van der Waals surface area (Å²) >= 11 is 1.54. The number of nitrogens with one attached hydrogen (secondary N) is 1. The molecule has 0 radical (unpaired) electrons. The van der Waals surface area contributed by atoms with E-state index >= 15 is 0 Å². The van der Waals surface area contributed by atoms with Crippen LogP contribution in [0.2, 0.25) is 0 Å². The van der Waals surface area contributed by atoms with Crippen molar-refractivity contribution in [2.75, 3.05) is 5.73 Å². The van der Waals surface area contributed by atoms with Gasteiger partial charge in [-0.3, -0.25) is 0 Å². The largest absolute Gasteiger partial charge is 0.375 e. The van der Waals surface area contributed by atoms with Crippen molar-refractivity contribution in [3.05, 3.63) is 47.0 Å². The van der Waals surface area contributed by atoms with Crippen molar-refractivity contribution in [2.45, 2.75) is 33.4 Å². The van der Waals surface area contributed by atoms with Crippen molar-refractivity contribution in [2.24, 2.45) is 5.41 Å². The first-order chi connectivity index (χ1) is 8.97. The maximum absolute atomic E-state index is 5.66. The van der Waals surface area contributed by atoms with Gasteiger partial charge in [0.15, 0.2) is 5.13 Å². The summed E-state index contributed by atoms with van der Waals surface area (Å²) in [5, 5.41) is 4.25. The number of nitrogens with zero attached hydrogens (tertiary/aromatic N) is 1. The molecule has 0 aliphatic rings. The van der Waals surface area contributed by atoms with Crippen molar-refractivity contribution in [3.63, 3.8) is 0 Å². The van der Waals surface area contributed by atoms with E-state index in [0.29, 0.717) is 11.2 Å². The van der Waals surface area contributed by atoms with E-state index in [1.54, 1.807) is 0 Å². The second-order valence-corrected chi connectivity index (χ2v) is 6.90. The maximum Gasteiger partial charge on any atom is 0.180 e. The first-order valence-electron chi connectivity index (χ1n) is 6.45. The van der Waals surface area contributed by atoms with Gasteiger partial charge in [0, 0.05) is 23.7 Å². The van der Waals surface area contributed by atoms with Gasteiger partial charge in [0.2, 0.25) is 0 Å². The Balaban J connectivity index is 0.00000200. The summed E-state index contributed by atoms with van der Waals surface area (Å²) in [4.78, 5) is 5.25. The van der Waals surface area contributed by atoms with Gasteiger partial charge in [-0.15, -0.1) is 23.7 Å². The fourth-order valence-corrected chi connectivity index (χ4v) is 2.81. The van der Waals surface area contributed by atoms with E-state index < -0.39 is 0 Å². The third-order valence-electron chi connectivity index (χ3n) is 3.05. The number of halogens is 1. The number of aromatic nitrogens is 1. The number of nitrogen functional groups attached to an aromatic ring is 1. The van der Waals surface area contributed by atoms with Crippen LogP contribution in [0.4, 0.5) is 5.13 Å². The van der Waals surface area contributed by atoms with Crippen LogP contribution in [-0.4, -0.2) is 4.98 Å². The quantitative estimate of drug-likeness (QED) is 0.896. The molecule has 1 aromatic heterocycles. The first kappa shape index (κ1) is 17.0. The maximum atomic E-state index is 5.66. The van der Waals surface area contributed by atoms with Gasteiger partial charge in [-0.2, -0.15) is 0 Å². The van der Waals surface area contributed by atoms with Gasteiger partial charge in [-0.1, -0.05) is 51.1 Å². The Kier molecular flexibility index (Phi) is 5.99. The highest BCUT2D eigenvalue weighted by molar-refractivity contribution is 7.15. The predicted molar refractivity (Wildman–Crippen MR) is 89.3 cm³/mol. The number of anilines is 1. The molecule has 1 atom stereocenters. The Morgan fingerprint density at radius 3 is 2.40 bits per heavy atom. The number of nitrogens with two attached hydrogens (primary N) is 1. The SMILES string of the molecule is CC(C)(C)C(NCc1cnc(N)s1)c1ccccc1.Cl. The Morgan fingerprint density at radius 2 is 1.90 bits per heavy atom. The normalized spacial score (nSPS) is 12.8. The fourth-order valence-electron chi connectivity index (χ4n) is 2.18. The number of hydrogen-bond acceptors (Lipinski definition) is 4. The average Bonchev–Trinajstić information content (AvgIpc) is 2.75. The highest BCUT2D eigenvalue weighted by atomic mass is 35.5. The van der Waals surface area contributed by atoms with E-state index in [9.17, 15) is 0 Å². The first-order valence-corrected chi connectivity index (χ1v) is 7.27. The van der Waals surface area contributed by atoms with E-state index in [4.69, 9.17) is 5.73 Å². The molecule has 1 unspecified atom stereocenters. The zero-order chi connectivity index (χ0) is 13.9. The third kappa shape index (κ3) is 4.47. The smallest absolute Gasteiger partial charge is 0.180 e. The van der Waals surface area contributed by atoms with Crippen LogP contribution >= 0.6 is 23.7 Å². The third-order valence-corrected chi connectivity index (χ3v) is 3.88. The highest BCUT2D eigenvalue weighted by Gasteiger charge is 2.25. The molecule has 20 heavy (non-hydrogen) atoms. The van der Waals surface area contributed by atoms with E-state index in [1.807, 2.05) is 12.3 Å². The number of hydrogen-bond donors (Lipinski definition) is 2. The molecule has 5 heteroatoms. The van der Waals surface area contributed by atoms with Gasteiger partial charge in [-0.25, -0.2) is 4.98 Å².